The zero-order valence-electron chi connectivity index (χ0n) is 16.2. The van der Waals surface area contributed by atoms with Crippen molar-refractivity contribution in [3.63, 3.8) is 0 Å². The summed E-state index contributed by atoms with van der Waals surface area (Å²) in [5.41, 5.74) is 1.60. The Morgan fingerprint density at radius 3 is 2.46 bits per heavy atom. The summed E-state index contributed by atoms with van der Waals surface area (Å²) in [5.74, 6) is 0.220. The highest BCUT2D eigenvalue weighted by Crippen LogP contribution is 2.29. The van der Waals surface area contributed by atoms with Crippen molar-refractivity contribution in [1.29, 1.82) is 0 Å². The summed E-state index contributed by atoms with van der Waals surface area (Å²) in [6, 6.07) is 15.6. The molecule has 1 saturated heterocycles. The van der Waals surface area contributed by atoms with E-state index in [1.807, 2.05) is 35.2 Å². The van der Waals surface area contributed by atoms with Crippen molar-refractivity contribution in [3.8, 4) is 0 Å². The van der Waals surface area contributed by atoms with Crippen molar-refractivity contribution in [1.82, 2.24) is 10.2 Å². The molecule has 0 aliphatic carbocycles. The lowest BCUT2D eigenvalue weighted by molar-refractivity contribution is -0.123. The smallest absolute Gasteiger partial charge is 0.253 e. The monoisotopic (exact) mass is 382 g/mol. The van der Waals surface area contributed by atoms with Gasteiger partial charge in [0.05, 0.1) is 0 Å². The molecule has 148 valence electrons. The number of halogens is 1. The van der Waals surface area contributed by atoms with Gasteiger partial charge in [-0.05, 0) is 48.1 Å². The maximum atomic E-state index is 13.1. The molecule has 2 aromatic rings. The number of nitrogens with zero attached hydrogens (tertiary/aromatic N) is 1. The average Bonchev–Trinajstić information content (AvgIpc) is 2.73. The van der Waals surface area contributed by atoms with E-state index in [4.69, 9.17) is 0 Å². The van der Waals surface area contributed by atoms with Crippen LogP contribution in [-0.2, 0) is 11.3 Å². The molecule has 0 aromatic heterocycles. The fourth-order valence-electron chi connectivity index (χ4n) is 3.88. The van der Waals surface area contributed by atoms with Crippen molar-refractivity contribution in [2.45, 2.75) is 32.7 Å². The molecule has 0 bridgehead atoms. The van der Waals surface area contributed by atoms with Crippen molar-refractivity contribution in [2.75, 3.05) is 13.1 Å². The molecule has 1 aliphatic rings. The molecule has 4 nitrogen and oxygen atoms in total. The lowest BCUT2D eigenvalue weighted by Gasteiger charge is -2.38. The summed E-state index contributed by atoms with van der Waals surface area (Å²) < 4.78 is 13.1. The van der Waals surface area contributed by atoms with Gasteiger partial charge in [-0.15, -0.1) is 0 Å². The minimum Gasteiger partial charge on any atom is -0.352 e. The standard InChI is InChI=1S/C23H27FN2O2/c1-2-18-16-26(23(28)19-8-10-21(24)11-9-19)13-12-20(18)14-22(27)25-15-17-6-4-3-5-7-17/h3-11,18,20H,2,12-16H2,1H3,(H,25,27)/t18-,20+/m1/s1. The molecule has 1 aliphatic heterocycles. The first-order valence-corrected chi connectivity index (χ1v) is 9.92. The molecular weight excluding hydrogens is 355 g/mol. The normalized spacial score (nSPS) is 19.3. The number of rotatable bonds is 6. The lowest BCUT2D eigenvalue weighted by atomic mass is 9.81. The van der Waals surface area contributed by atoms with Gasteiger partial charge in [-0.3, -0.25) is 9.59 Å². The SMILES string of the molecule is CC[C@@H]1CN(C(=O)c2ccc(F)cc2)CC[C@H]1CC(=O)NCc1ccccc1. The number of amides is 2. The molecular formula is C23H27FN2O2. The molecule has 2 atom stereocenters. The van der Waals surface area contributed by atoms with Gasteiger partial charge in [-0.1, -0.05) is 43.7 Å². The quantitative estimate of drug-likeness (QED) is 0.820. The molecule has 0 unspecified atom stereocenters. The molecule has 3 rings (SSSR count). The first kappa shape index (κ1) is 20.1. The minimum atomic E-state index is -0.344. The highest BCUT2D eigenvalue weighted by Gasteiger charge is 2.32. The van der Waals surface area contributed by atoms with Gasteiger partial charge in [-0.25, -0.2) is 4.39 Å². The Hall–Kier alpha value is -2.69. The van der Waals surface area contributed by atoms with Crippen LogP contribution in [0.1, 0.15) is 42.1 Å². The molecule has 2 amide bonds. The summed E-state index contributed by atoms with van der Waals surface area (Å²) in [5, 5.41) is 3.00. The molecule has 1 heterocycles. The van der Waals surface area contributed by atoms with Crippen molar-refractivity contribution < 1.29 is 14.0 Å². The van der Waals surface area contributed by atoms with Crippen molar-refractivity contribution in [2.24, 2.45) is 11.8 Å². The van der Waals surface area contributed by atoms with Crippen LogP contribution in [-0.4, -0.2) is 29.8 Å². The number of hydrogen-bond acceptors (Lipinski definition) is 2. The zero-order valence-corrected chi connectivity index (χ0v) is 16.2. The van der Waals surface area contributed by atoms with E-state index in [0.717, 1.165) is 18.4 Å². The predicted molar refractivity (Wildman–Crippen MR) is 107 cm³/mol. The van der Waals surface area contributed by atoms with Gasteiger partial charge in [0.25, 0.3) is 5.91 Å². The Morgan fingerprint density at radius 2 is 1.79 bits per heavy atom. The van der Waals surface area contributed by atoms with Gasteiger partial charge < -0.3 is 10.2 Å². The second-order valence-electron chi connectivity index (χ2n) is 7.44. The Kier molecular flexibility index (Phi) is 6.80. The van der Waals surface area contributed by atoms with Gasteiger partial charge in [0, 0.05) is 31.6 Å². The fraction of sp³-hybridized carbons (Fsp3) is 0.391. The van der Waals surface area contributed by atoms with Crippen molar-refractivity contribution >= 4 is 11.8 Å². The largest absolute Gasteiger partial charge is 0.352 e. The van der Waals surface area contributed by atoms with Crippen LogP contribution in [0.15, 0.2) is 54.6 Å². The number of benzene rings is 2. The number of piperidine rings is 1. The van der Waals surface area contributed by atoms with Gasteiger partial charge in [-0.2, -0.15) is 0 Å². The molecule has 1 fully saturated rings. The molecule has 1 N–H and O–H groups in total. The number of carbonyl (C=O) groups excluding carboxylic acids is 2. The number of carbonyl (C=O) groups is 2. The number of likely N-dealkylation sites (tertiary alicyclic amines) is 1. The van der Waals surface area contributed by atoms with Crippen LogP contribution in [0, 0.1) is 17.7 Å². The van der Waals surface area contributed by atoms with Crippen LogP contribution >= 0.6 is 0 Å². The van der Waals surface area contributed by atoms with Crippen LogP contribution < -0.4 is 5.32 Å². The first-order valence-electron chi connectivity index (χ1n) is 9.92. The zero-order chi connectivity index (χ0) is 19.9. The summed E-state index contributed by atoms with van der Waals surface area (Å²) in [7, 11) is 0. The molecule has 0 spiro atoms. The van der Waals surface area contributed by atoms with E-state index < -0.39 is 0 Å². The van der Waals surface area contributed by atoms with Gasteiger partial charge in [0.15, 0.2) is 0 Å². The Labute approximate surface area is 165 Å². The average molecular weight is 382 g/mol. The van der Waals surface area contributed by atoms with E-state index in [0.29, 0.717) is 37.5 Å². The van der Waals surface area contributed by atoms with E-state index in [2.05, 4.69) is 12.2 Å². The lowest BCUT2D eigenvalue weighted by Crippen LogP contribution is -2.44. The van der Waals surface area contributed by atoms with Gasteiger partial charge in [0.1, 0.15) is 5.82 Å². The van der Waals surface area contributed by atoms with Gasteiger partial charge in [0.2, 0.25) is 5.91 Å². The maximum absolute atomic E-state index is 13.1. The van der Waals surface area contributed by atoms with E-state index >= 15 is 0 Å². The van der Waals surface area contributed by atoms with Crippen LogP contribution in [0.5, 0.6) is 0 Å². The van der Waals surface area contributed by atoms with E-state index in [-0.39, 0.29) is 23.5 Å². The maximum Gasteiger partial charge on any atom is 0.253 e. The third-order valence-electron chi connectivity index (χ3n) is 5.57. The second-order valence-corrected chi connectivity index (χ2v) is 7.44. The number of hydrogen-bond donors (Lipinski definition) is 1. The third-order valence-corrected chi connectivity index (χ3v) is 5.57. The van der Waals surface area contributed by atoms with Crippen LogP contribution in [0.3, 0.4) is 0 Å². The summed E-state index contributed by atoms with van der Waals surface area (Å²) >= 11 is 0. The number of nitrogens with one attached hydrogen (secondary N) is 1. The van der Waals surface area contributed by atoms with E-state index in [1.165, 1.54) is 24.3 Å². The second kappa shape index (κ2) is 9.49. The molecule has 0 radical (unpaired) electrons. The topological polar surface area (TPSA) is 49.4 Å². The van der Waals surface area contributed by atoms with Gasteiger partial charge >= 0.3 is 0 Å². The fourth-order valence-corrected chi connectivity index (χ4v) is 3.88. The molecule has 5 heteroatoms. The highest BCUT2D eigenvalue weighted by molar-refractivity contribution is 5.94. The predicted octanol–water partition coefficient (Wildman–Crippen LogP) is 4.02. The van der Waals surface area contributed by atoms with Crippen LogP contribution in [0.4, 0.5) is 4.39 Å². The first-order chi connectivity index (χ1) is 13.6. The Morgan fingerprint density at radius 1 is 1.07 bits per heavy atom. The third kappa shape index (κ3) is 5.18. The summed E-state index contributed by atoms with van der Waals surface area (Å²) in [6.45, 7) is 3.91. The van der Waals surface area contributed by atoms with Crippen LogP contribution in [0.25, 0.3) is 0 Å². The highest BCUT2D eigenvalue weighted by atomic mass is 19.1. The minimum absolute atomic E-state index is 0.0608. The Bertz CT molecular complexity index is 792. The summed E-state index contributed by atoms with van der Waals surface area (Å²) in [6.07, 6.45) is 2.22. The molecule has 28 heavy (non-hydrogen) atoms. The van der Waals surface area contributed by atoms with Crippen molar-refractivity contribution in [3.05, 3.63) is 71.5 Å². The Balaban J connectivity index is 1.53. The van der Waals surface area contributed by atoms with Crippen LogP contribution in [0.2, 0.25) is 0 Å². The van der Waals surface area contributed by atoms with E-state index in [1.54, 1.807) is 0 Å². The molecule has 2 aromatic carbocycles. The van der Waals surface area contributed by atoms with E-state index in [9.17, 15) is 14.0 Å². The molecule has 0 saturated carbocycles. The summed E-state index contributed by atoms with van der Waals surface area (Å²) in [4.78, 5) is 26.9.